The lowest BCUT2D eigenvalue weighted by atomic mass is 9.80. The van der Waals surface area contributed by atoms with E-state index in [9.17, 15) is 4.79 Å². The van der Waals surface area contributed by atoms with Gasteiger partial charge < -0.3 is 10.1 Å². The second-order valence-electron chi connectivity index (χ2n) is 5.10. The molecule has 0 saturated heterocycles. The highest BCUT2D eigenvalue weighted by Gasteiger charge is 2.31. The zero-order valence-electron chi connectivity index (χ0n) is 11.0. The molecular formula is C13H24ClNO2. The lowest BCUT2D eigenvalue weighted by molar-refractivity contribution is -0.124. The quantitative estimate of drug-likeness (QED) is 0.716. The number of alkyl halides is 1. The number of nitrogens with one attached hydrogen (secondary N) is 1. The van der Waals surface area contributed by atoms with Crippen LogP contribution in [0.5, 0.6) is 0 Å². The molecular weight excluding hydrogens is 238 g/mol. The molecule has 0 bridgehead atoms. The summed E-state index contributed by atoms with van der Waals surface area (Å²) >= 11 is 5.89. The molecule has 4 heteroatoms. The van der Waals surface area contributed by atoms with E-state index in [2.05, 4.69) is 5.32 Å². The fourth-order valence-electron chi connectivity index (χ4n) is 2.36. The van der Waals surface area contributed by atoms with Gasteiger partial charge in [0.1, 0.15) is 0 Å². The van der Waals surface area contributed by atoms with Crippen LogP contribution in [0.2, 0.25) is 0 Å². The largest absolute Gasteiger partial charge is 0.378 e. The maximum Gasteiger partial charge on any atom is 0.220 e. The van der Waals surface area contributed by atoms with E-state index in [-0.39, 0.29) is 17.3 Å². The lowest BCUT2D eigenvalue weighted by Crippen LogP contribution is -2.39. The molecule has 3 nitrogen and oxygen atoms in total. The first-order chi connectivity index (χ1) is 8.01. The zero-order valence-corrected chi connectivity index (χ0v) is 11.8. The van der Waals surface area contributed by atoms with E-state index in [1.807, 2.05) is 20.8 Å². The van der Waals surface area contributed by atoms with Crippen LogP contribution in [0.1, 0.15) is 46.5 Å². The smallest absolute Gasteiger partial charge is 0.220 e. The van der Waals surface area contributed by atoms with Gasteiger partial charge in [-0.15, -0.1) is 11.6 Å². The minimum atomic E-state index is 0.108. The summed E-state index contributed by atoms with van der Waals surface area (Å²) in [6.45, 7) is 6.73. The van der Waals surface area contributed by atoms with Crippen LogP contribution in [-0.4, -0.2) is 30.0 Å². The molecule has 2 atom stereocenters. The van der Waals surface area contributed by atoms with E-state index in [0.717, 1.165) is 25.9 Å². The second-order valence-corrected chi connectivity index (χ2v) is 5.85. The molecule has 1 rings (SSSR count). The number of hydrogen-bond donors (Lipinski definition) is 1. The van der Waals surface area contributed by atoms with Crippen molar-refractivity contribution in [2.24, 2.45) is 5.92 Å². The van der Waals surface area contributed by atoms with Crippen molar-refractivity contribution in [2.45, 2.75) is 64.0 Å². The molecule has 1 aliphatic carbocycles. The summed E-state index contributed by atoms with van der Waals surface area (Å²) < 4.78 is 5.47. The average molecular weight is 262 g/mol. The minimum Gasteiger partial charge on any atom is -0.378 e. The molecule has 0 aromatic rings. The van der Waals surface area contributed by atoms with Gasteiger partial charge in [0.15, 0.2) is 0 Å². The Labute approximate surface area is 109 Å². The Morgan fingerprint density at radius 3 is 2.65 bits per heavy atom. The van der Waals surface area contributed by atoms with Crippen LogP contribution in [0.15, 0.2) is 0 Å². The van der Waals surface area contributed by atoms with Crippen LogP contribution < -0.4 is 5.32 Å². The molecule has 1 aliphatic rings. The molecule has 0 heterocycles. The van der Waals surface area contributed by atoms with Gasteiger partial charge in [-0.1, -0.05) is 0 Å². The molecule has 1 fully saturated rings. The third-order valence-corrected chi connectivity index (χ3v) is 3.33. The summed E-state index contributed by atoms with van der Waals surface area (Å²) in [7, 11) is 0. The van der Waals surface area contributed by atoms with E-state index in [0.29, 0.717) is 18.4 Å². The van der Waals surface area contributed by atoms with Crippen molar-refractivity contribution in [3.05, 3.63) is 0 Å². The van der Waals surface area contributed by atoms with Crippen LogP contribution in [0, 0.1) is 5.92 Å². The summed E-state index contributed by atoms with van der Waals surface area (Å²) in [5.41, 5.74) is 0. The Balaban J connectivity index is 2.10. The Hall–Kier alpha value is -0.280. The number of carbonyl (C=O) groups excluding carboxylic acids is 1. The van der Waals surface area contributed by atoms with E-state index >= 15 is 0 Å². The van der Waals surface area contributed by atoms with E-state index in [4.69, 9.17) is 16.3 Å². The molecule has 1 N–H and O–H groups in total. The van der Waals surface area contributed by atoms with Gasteiger partial charge in [-0.25, -0.2) is 0 Å². The number of hydrogen-bond acceptors (Lipinski definition) is 2. The second kappa shape index (κ2) is 7.22. The number of ether oxygens (including phenoxy) is 1. The molecule has 0 radical (unpaired) electrons. The molecule has 1 saturated carbocycles. The molecule has 0 spiro atoms. The topological polar surface area (TPSA) is 38.3 Å². The van der Waals surface area contributed by atoms with Crippen LogP contribution in [0.4, 0.5) is 0 Å². The third kappa shape index (κ3) is 5.73. The maximum atomic E-state index is 11.7. The fourth-order valence-corrected chi connectivity index (χ4v) is 2.62. The summed E-state index contributed by atoms with van der Waals surface area (Å²) in [5.74, 6) is 0.655. The minimum absolute atomic E-state index is 0.108. The van der Waals surface area contributed by atoms with Gasteiger partial charge in [-0.05, 0) is 46.0 Å². The summed E-state index contributed by atoms with van der Waals surface area (Å²) in [4.78, 5) is 11.7. The van der Waals surface area contributed by atoms with Gasteiger partial charge in [0.2, 0.25) is 5.91 Å². The normalized spacial score (nSPS) is 27.1. The number of amides is 1. The Kier molecular flexibility index (Phi) is 6.28. The number of rotatable bonds is 7. The predicted octanol–water partition coefficient (Wildman–Crippen LogP) is 2.71. The van der Waals surface area contributed by atoms with Crippen LogP contribution in [-0.2, 0) is 9.53 Å². The van der Waals surface area contributed by atoms with Crippen LogP contribution >= 0.6 is 11.6 Å². The zero-order chi connectivity index (χ0) is 12.8. The monoisotopic (exact) mass is 261 g/mol. The van der Waals surface area contributed by atoms with Gasteiger partial charge in [0, 0.05) is 24.4 Å². The number of carbonyl (C=O) groups is 1. The van der Waals surface area contributed by atoms with Crippen molar-refractivity contribution in [1.29, 1.82) is 0 Å². The van der Waals surface area contributed by atoms with Gasteiger partial charge in [-0.2, -0.15) is 0 Å². The Morgan fingerprint density at radius 2 is 2.12 bits per heavy atom. The van der Waals surface area contributed by atoms with Gasteiger partial charge in [0.25, 0.3) is 0 Å². The standard InChI is InChI=1S/C13H24ClNO2/c1-4-17-12-6-11(7-12)8-13(16)15-10(3)5-9(2)14/h9-12H,4-8H2,1-3H3,(H,15,16). The fraction of sp³-hybridized carbons (Fsp3) is 0.923. The van der Waals surface area contributed by atoms with E-state index in [1.165, 1.54) is 0 Å². The molecule has 1 amide bonds. The molecule has 0 aliphatic heterocycles. The highest BCUT2D eigenvalue weighted by molar-refractivity contribution is 6.20. The van der Waals surface area contributed by atoms with Gasteiger partial charge >= 0.3 is 0 Å². The first kappa shape index (κ1) is 14.8. The predicted molar refractivity (Wildman–Crippen MR) is 70.3 cm³/mol. The Morgan fingerprint density at radius 1 is 1.47 bits per heavy atom. The lowest BCUT2D eigenvalue weighted by Gasteiger charge is -2.34. The van der Waals surface area contributed by atoms with Crippen molar-refractivity contribution in [3.63, 3.8) is 0 Å². The first-order valence-electron chi connectivity index (χ1n) is 6.56. The van der Waals surface area contributed by atoms with Crippen molar-refractivity contribution >= 4 is 17.5 Å². The van der Waals surface area contributed by atoms with Crippen molar-refractivity contribution in [3.8, 4) is 0 Å². The summed E-state index contributed by atoms with van der Waals surface area (Å²) in [6.07, 6.45) is 3.89. The summed E-state index contributed by atoms with van der Waals surface area (Å²) in [5, 5.41) is 3.10. The SMILES string of the molecule is CCOC1CC(CC(=O)NC(C)CC(C)Cl)C1. The molecule has 100 valence electrons. The first-order valence-corrected chi connectivity index (χ1v) is 6.99. The van der Waals surface area contributed by atoms with Crippen molar-refractivity contribution in [2.75, 3.05) is 6.61 Å². The maximum absolute atomic E-state index is 11.7. The third-order valence-electron chi connectivity index (χ3n) is 3.15. The highest BCUT2D eigenvalue weighted by atomic mass is 35.5. The molecule has 0 aromatic heterocycles. The van der Waals surface area contributed by atoms with Gasteiger partial charge in [0.05, 0.1) is 6.10 Å². The van der Waals surface area contributed by atoms with E-state index in [1.54, 1.807) is 0 Å². The Bertz CT molecular complexity index is 240. The average Bonchev–Trinajstić information content (AvgIpc) is 2.12. The van der Waals surface area contributed by atoms with Crippen LogP contribution in [0.3, 0.4) is 0 Å². The molecule has 0 aromatic carbocycles. The molecule has 2 unspecified atom stereocenters. The van der Waals surface area contributed by atoms with Crippen molar-refractivity contribution < 1.29 is 9.53 Å². The summed E-state index contributed by atoms with van der Waals surface area (Å²) in [6, 6.07) is 0.165. The van der Waals surface area contributed by atoms with Crippen LogP contribution in [0.25, 0.3) is 0 Å². The number of halogens is 1. The van der Waals surface area contributed by atoms with Gasteiger partial charge in [-0.3, -0.25) is 4.79 Å². The van der Waals surface area contributed by atoms with E-state index < -0.39 is 0 Å². The highest BCUT2D eigenvalue weighted by Crippen LogP contribution is 2.32. The van der Waals surface area contributed by atoms with Crippen molar-refractivity contribution in [1.82, 2.24) is 5.32 Å². The molecule has 17 heavy (non-hydrogen) atoms.